The minimum Gasteiger partial charge on any atom is -0.382 e. The van der Waals surface area contributed by atoms with Gasteiger partial charge in [0.05, 0.1) is 97.3 Å². The molecule has 1 aromatic carbocycles. The van der Waals surface area contributed by atoms with Crippen molar-refractivity contribution < 1.29 is 42.8 Å². The third-order valence-electron chi connectivity index (χ3n) is 7.94. The maximum absolute atomic E-state index is 13.2. The predicted molar refractivity (Wildman–Crippen MR) is 176 cm³/mol. The smallest absolute Gasteiger partial charge is 0.277 e. The Balaban J connectivity index is 0.936. The second kappa shape index (κ2) is 21.5. The molecule has 1 atom stereocenters. The SMILES string of the molecule is O=C1CCC(n2ncc3cccc(NCCOCCOCCOCCOCCOCCOCCC(=O)N4CCCCC4)c3c2=O)C(=O)N1. The van der Waals surface area contributed by atoms with Crippen molar-refractivity contribution >= 4 is 34.2 Å². The van der Waals surface area contributed by atoms with Crippen molar-refractivity contribution in [2.75, 3.05) is 104 Å². The third kappa shape index (κ3) is 12.5. The van der Waals surface area contributed by atoms with Crippen LogP contribution >= 0.6 is 0 Å². The van der Waals surface area contributed by atoms with Crippen LogP contribution in [0.15, 0.2) is 29.2 Å². The fraction of sp³-hybridized carbons (Fsp3) is 0.667. The van der Waals surface area contributed by atoms with Crippen LogP contribution in [0.1, 0.15) is 44.6 Å². The van der Waals surface area contributed by atoms with Crippen LogP contribution in [0.2, 0.25) is 0 Å². The van der Waals surface area contributed by atoms with Crippen LogP contribution < -0.4 is 16.2 Å². The molecule has 15 nitrogen and oxygen atoms in total. The molecule has 2 fully saturated rings. The Morgan fingerprint density at radius 2 is 1.38 bits per heavy atom. The Bertz CT molecular complexity index is 1350. The summed E-state index contributed by atoms with van der Waals surface area (Å²) in [5.41, 5.74) is 0.224. The lowest BCUT2D eigenvalue weighted by Gasteiger charge is -2.26. The van der Waals surface area contributed by atoms with Crippen LogP contribution in [0.4, 0.5) is 5.69 Å². The molecule has 2 aliphatic heterocycles. The van der Waals surface area contributed by atoms with E-state index in [1.54, 1.807) is 18.3 Å². The Kier molecular flexibility index (Phi) is 16.7. The average Bonchev–Trinajstić information content (AvgIpc) is 3.09. The zero-order chi connectivity index (χ0) is 33.8. The van der Waals surface area contributed by atoms with Crippen LogP contribution in [-0.4, -0.2) is 131 Å². The lowest BCUT2D eigenvalue weighted by atomic mass is 10.1. The molecule has 2 N–H and O–H groups in total. The number of likely N-dealkylation sites (tertiary alicyclic amines) is 1. The van der Waals surface area contributed by atoms with Crippen molar-refractivity contribution in [1.29, 1.82) is 0 Å². The number of hydrogen-bond donors (Lipinski definition) is 2. The van der Waals surface area contributed by atoms with Gasteiger partial charge in [-0.1, -0.05) is 12.1 Å². The van der Waals surface area contributed by atoms with Gasteiger partial charge in [0.15, 0.2) is 0 Å². The summed E-state index contributed by atoms with van der Waals surface area (Å²) in [4.78, 5) is 51.0. The first-order chi connectivity index (χ1) is 23.5. The highest BCUT2D eigenvalue weighted by atomic mass is 16.6. The molecule has 2 saturated heterocycles. The van der Waals surface area contributed by atoms with Gasteiger partial charge < -0.3 is 38.6 Å². The highest BCUT2D eigenvalue weighted by Crippen LogP contribution is 2.22. The van der Waals surface area contributed by atoms with E-state index in [1.807, 2.05) is 11.0 Å². The van der Waals surface area contributed by atoms with Crippen molar-refractivity contribution in [2.45, 2.75) is 44.6 Å². The van der Waals surface area contributed by atoms with Gasteiger partial charge in [0.25, 0.3) is 11.5 Å². The Morgan fingerprint density at radius 3 is 1.98 bits per heavy atom. The van der Waals surface area contributed by atoms with Crippen LogP contribution in [0, 0.1) is 0 Å². The highest BCUT2D eigenvalue weighted by molar-refractivity contribution is 5.99. The van der Waals surface area contributed by atoms with Crippen molar-refractivity contribution in [3.63, 3.8) is 0 Å². The van der Waals surface area contributed by atoms with Crippen LogP contribution in [0.3, 0.4) is 0 Å². The van der Waals surface area contributed by atoms with E-state index in [-0.39, 0.29) is 24.7 Å². The summed E-state index contributed by atoms with van der Waals surface area (Å²) in [5.74, 6) is -0.692. The van der Waals surface area contributed by atoms with Gasteiger partial charge in [-0.25, -0.2) is 4.68 Å². The molecule has 1 unspecified atom stereocenters. The van der Waals surface area contributed by atoms with Crippen LogP contribution in [0.25, 0.3) is 10.8 Å². The summed E-state index contributed by atoms with van der Waals surface area (Å²) in [5, 5.41) is 10.8. The third-order valence-corrected chi connectivity index (χ3v) is 7.94. The van der Waals surface area contributed by atoms with Crippen molar-refractivity contribution in [2.24, 2.45) is 0 Å². The number of fused-ring (bicyclic) bond motifs is 1. The predicted octanol–water partition coefficient (Wildman–Crippen LogP) is 1.29. The van der Waals surface area contributed by atoms with E-state index in [0.29, 0.717) is 109 Å². The first kappa shape index (κ1) is 37.4. The van der Waals surface area contributed by atoms with Crippen molar-refractivity contribution in [3.8, 4) is 0 Å². The van der Waals surface area contributed by atoms with Gasteiger partial charge in [0.2, 0.25) is 11.8 Å². The minimum absolute atomic E-state index is 0.159. The zero-order valence-electron chi connectivity index (χ0n) is 27.7. The summed E-state index contributed by atoms with van der Waals surface area (Å²) in [6, 6.07) is 4.58. The molecule has 0 bridgehead atoms. The van der Waals surface area contributed by atoms with E-state index in [2.05, 4.69) is 15.7 Å². The molecule has 0 aliphatic carbocycles. The first-order valence-electron chi connectivity index (χ1n) is 16.9. The standard InChI is InChI=1S/C33H49N5O10/c39-29-8-7-28(32(41)36-29)38-33(42)31-26(25-35-38)5-4-6-27(31)34-10-14-44-16-18-46-20-22-48-24-23-47-21-19-45-17-15-43-13-9-30(40)37-11-2-1-3-12-37/h4-6,25,28,34H,1-3,7-24H2,(H,36,39,41). The fourth-order valence-electron chi connectivity index (χ4n) is 5.41. The van der Waals surface area contributed by atoms with E-state index in [9.17, 15) is 19.2 Å². The molecule has 4 rings (SSSR count). The first-order valence-corrected chi connectivity index (χ1v) is 16.9. The summed E-state index contributed by atoms with van der Waals surface area (Å²) >= 11 is 0. The number of rotatable bonds is 23. The number of piperidine rings is 2. The van der Waals surface area contributed by atoms with Gasteiger partial charge in [-0.2, -0.15) is 5.10 Å². The second-order valence-electron chi connectivity index (χ2n) is 11.4. The monoisotopic (exact) mass is 675 g/mol. The van der Waals surface area contributed by atoms with E-state index >= 15 is 0 Å². The van der Waals surface area contributed by atoms with E-state index < -0.39 is 17.5 Å². The zero-order valence-corrected chi connectivity index (χ0v) is 27.7. The van der Waals surface area contributed by atoms with Crippen molar-refractivity contribution in [3.05, 3.63) is 34.7 Å². The molecule has 0 spiro atoms. The lowest BCUT2D eigenvalue weighted by molar-refractivity contribution is -0.136. The minimum atomic E-state index is -0.823. The average molecular weight is 676 g/mol. The number of anilines is 1. The number of benzene rings is 1. The molecule has 3 heterocycles. The van der Waals surface area contributed by atoms with Gasteiger partial charge in [0.1, 0.15) is 6.04 Å². The van der Waals surface area contributed by atoms with E-state index in [0.717, 1.165) is 30.6 Å². The van der Waals surface area contributed by atoms with E-state index in [4.69, 9.17) is 28.4 Å². The topological polar surface area (TPSA) is 169 Å². The van der Waals surface area contributed by atoms with Crippen molar-refractivity contribution in [1.82, 2.24) is 20.0 Å². The molecule has 1 aromatic heterocycles. The molecule has 0 saturated carbocycles. The Labute approximate surface area is 280 Å². The van der Waals surface area contributed by atoms with Gasteiger partial charge in [-0.15, -0.1) is 0 Å². The molecular weight excluding hydrogens is 626 g/mol. The molecule has 0 radical (unpaired) electrons. The lowest BCUT2D eigenvalue weighted by Crippen LogP contribution is -2.45. The summed E-state index contributed by atoms with van der Waals surface area (Å²) in [6.07, 6.45) is 5.78. The molecule has 2 aliphatic rings. The number of amides is 3. The molecule has 3 amide bonds. The summed E-state index contributed by atoms with van der Waals surface area (Å²) in [6.45, 7) is 7.55. The highest BCUT2D eigenvalue weighted by Gasteiger charge is 2.30. The summed E-state index contributed by atoms with van der Waals surface area (Å²) < 4.78 is 34.3. The van der Waals surface area contributed by atoms with Gasteiger partial charge >= 0.3 is 0 Å². The summed E-state index contributed by atoms with van der Waals surface area (Å²) in [7, 11) is 0. The van der Waals surface area contributed by atoms with Gasteiger partial charge in [-0.05, 0) is 31.7 Å². The van der Waals surface area contributed by atoms with Crippen LogP contribution in [0.5, 0.6) is 0 Å². The molecule has 15 heteroatoms. The number of nitrogens with one attached hydrogen (secondary N) is 2. The molecule has 2 aromatic rings. The van der Waals surface area contributed by atoms with Crippen LogP contribution in [-0.2, 0) is 42.8 Å². The number of carbonyl (C=O) groups is 3. The quantitative estimate of drug-likeness (QED) is 0.128. The number of ether oxygens (including phenoxy) is 6. The van der Waals surface area contributed by atoms with Gasteiger partial charge in [-0.3, -0.25) is 24.5 Å². The molecule has 48 heavy (non-hydrogen) atoms. The second-order valence-corrected chi connectivity index (χ2v) is 11.4. The van der Waals surface area contributed by atoms with E-state index in [1.165, 1.54) is 6.42 Å². The number of nitrogens with zero attached hydrogens (tertiary/aromatic N) is 3. The largest absolute Gasteiger partial charge is 0.382 e. The number of carbonyl (C=O) groups excluding carboxylic acids is 3. The Morgan fingerprint density at radius 1 is 0.792 bits per heavy atom. The molecular formula is C33H49N5O10. The maximum Gasteiger partial charge on any atom is 0.277 e. The number of imide groups is 1. The number of hydrogen-bond acceptors (Lipinski definition) is 12. The Hall–Kier alpha value is -3.47. The molecule has 266 valence electrons. The number of aromatic nitrogens is 2. The normalized spacial score (nSPS) is 16.8. The van der Waals surface area contributed by atoms with Gasteiger partial charge in [0, 0.05) is 37.1 Å². The maximum atomic E-state index is 13.2. The fourth-order valence-corrected chi connectivity index (χ4v) is 5.41.